The van der Waals surface area contributed by atoms with Crippen LogP contribution in [0.1, 0.15) is 125 Å². The van der Waals surface area contributed by atoms with Crippen LogP contribution in [-0.2, 0) is 6.42 Å². The van der Waals surface area contributed by atoms with Gasteiger partial charge in [0.25, 0.3) is 0 Å². The van der Waals surface area contributed by atoms with Gasteiger partial charge in [-0.2, -0.15) is 0 Å². The van der Waals surface area contributed by atoms with E-state index >= 15 is 0 Å². The Kier molecular flexibility index (Phi) is 8.66. The normalized spacial score (nSPS) is 12.4. The molecule has 3 N–H and O–H groups in total. The Bertz CT molecular complexity index is 1190. The molecule has 0 fully saturated rings. The SMILES string of the molecule is C/C(=N\c1c(C(C)C)cc(Cc2cc(C(C)C)c(N)c(C(C)C)c2)cc1C(C)C)c1ccccc1O. The van der Waals surface area contributed by atoms with Crippen molar-refractivity contribution in [2.75, 3.05) is 5.73 Å². The van der Waals surface area contributed by atoms with Gasteiger partial charge in [-0.25, -0.2) is 0 Å². The second-order valence-electron chi connectivity index (χ2n) is 11.3. The van der Waals surface area contributed by atoms with Gasteiger partial charge in [-0.15, -0.1) is 0 Å². The summed E-state index contributed by atoms with van der Waals surface area (Å²) < 4.78 is 0. The minimum absolute atomic E-state index is 0.262. The molecule has 0 amide bonds. The summed E-state index contributed by atoms with van der Waals surface area (Å²) in [5.41, 5.74) is 17.7. The lowest BCUT2D eigenvalue weighted by atomic mass is 9.86. The number of para-hydroxylation sites is 1. The van der Waals surface area contributed by atoms with Gasteiger partial charge in [0.05, 0.1) is 5.69 Å². The molecule has 192 valence electrons. The highest BCUT2D eigenvalue weighted by Gasteiger charge is 2.19. The highest BCUT2D eigenvalue weighted by Crippen LogP contribution is 2.38. The number of aliphatic imine (C=N–C) groups is 1. The molecule has 0 spiro atoms. The fourth-order valence-electron chi connectivity index (χ4n) is 4.92. The Hall–Kier alpha value is -3.07. The number of hydrogen-bond donors (Lipinski definition) is 2. The molecule has 3 aromatic carbocycles. The molecule has 0 radical (unpaired) electrons. The highest BCUT2D eigenvalue weighted by atomic mass is 16.3. The van der Waals surface area contributed by atoms with Gasteiger partial charge in [-0.05, 0) is 82.5 Å². The summed E-state index contributed by atoms with van der Waals surface area (Å²) in [5, 5.41) is 10.4. The summed E-state index contributed by atoms with van der Waals surface area (Å²) in [6.45, 7) is 19.8. The van der Waals surface area contributed by atoms with Crippen LogP contribution in [0.15, 0.2) is 53.5 Å². The van der Waals surface area contributed by atoms with E-state index in [-0.39, 0.29) is 5.75 Å². The van der Waals surface area contributed by atoms with Crippen molar-refractivity contribution in [3.63, 3.8) is 0 Å². The lowest BCUT2D eigenvalue weighted by Crippen LogP contribution is -2.06. The molecule has 3 nitrogen and oxygen atoms in total. The van der Waals surface area contributed by atoms with Crippen molar-refractivity contribution in [1.29, 1.82) is 0 Å². The molecule has 3 aromatic rings. The van der Waals surface area contributed by atoms with E-state index in [9.17, 15) is 5.11 Å². The molecule has 0 saturated carbocycles. The molecule has 0 unspecified atom stereocenters. The van der Waals surface area contributed by atoms with Crippen LogP contribution in [0.2, 0.25) is 0 Å². The lowest BCUT2D eigenvalue weighted by Gasteiger charge is -2.21. The van der Waals surface area contributed by atoms with Gasteiger partial charge in [-0.1, -0.05) is 91.8 Å². The minimum atomic E-state index is 0.262. The maximum Gasteiger partial charge on any atom is 0.124 e. The molecule has 0 atom stereocenters. The van der Waals surface area contributed by atoms with Gasteiger partial charge >= 0.3 is 0 Å². The predicted octanol–water partition coefficient (Wildman–Crippen LogP) is 9.20. The van der Waals surface area contributed by atoms with Gasteiger partial charge in [0, 0.05) is 17.0 Å². The average molecular weight is 485 g/mol. The molecule has 3 heteroatoms. The summed E-state index contributed by atoms with van der Waals surface area (Å²) in [6, 6.07) is 16.7. The number of phenolic OH excluding ortho intramolecular Hbond substituents is 1. The van der Waals surface area contributed by atoms with Crippen molar-refractivity contribution in [3.05, 3.63) is 87.5 Å². The highest BCUT2D eigenvalue weighted by molar-refractivity contribution is 6.02. The Balaban J connectivity index is 2.16. The van der Waals surface area contributed by atoms with Crippen molar-refractivity contribution in [3.8, 4) is 5.75 Å². The van der Waals surface area contributed by atoms with Crippen LogP contribution < -0.4 is 5.73 Å². The molecule has 0 bridgehead atoms. The first-order chi connectivity index (χ1) is 16.9. The second kappa shape index (κ2) is 11.3. The number of aromatic hydroxyl groups is 1. The van der Waals surface area contributed by atoms with Crippen molar-refractivity contribution in [2.45, 2.75) is 92.4 Å². The number of nitrogens with two attached hydrogens (primary N) is 1. The number of nitrogens with zero attached hydrogens (tertiary/aromatic N) is 1. The first-order valence-corrected chi connectivity index (χ1v) is 13.3. The molecule has 0 heterocycles. The Morgan fingerprint density at radius 2 is 1.14 bits per heavy atom. The largest absolute Gasteiger partial charge is 0.507 e. The molecule has 36 heavy (non-hydrogen) atoms. The number of phenols is 1. The molecule has 3 rings (SSSR count). The summed E-state index contributed by atoms with van der Waals surface area (Å²) in [4.78, 5) is 5.11. The van der Waals surface area contributed by atoms with Crippen LogP contribution >= 0.6 is 0 Å². The van der Waals surface area contributed by atoms with Crippen LogP contribution in [0, 0.1) is 0 Å². The lowest BCUT2D eigenvalue weighted by molar-refractivity contribution is 0.474. The Morgan fingerprint density at radius 1 is 0.722 bits per heavy atom. The van der Waals surface area contributed by atoms with E-state index in [1.54, 1.807) is 6.07 Å². The van der Waals surface area contributed by atoms with Gasteiger partial charge in [0.2, 0.25) is 0 Å². The molecule has 0 aliphatic heterocycles. The van der Waals surface area contributed by atoms with E-state index in [0.29, 0.717) is 23.7 Å². The number of rotatable bonds is 8. The van der Waals surface area contributed by atoms with E-state index in [1.165, 1.54) is 33.4 Å². The fraction of sp³-hybridized carbons (Fsp3) is 0.424. The third kappa shape index (κ3) is 6.00. The second-order valence-corrected chi connectivity index (χ2v) is 11.3. The van der Waals surface area contributed by atoms with E-state index in [4.69, 9.17) is 10.7 Å². The number of hydrogen-bond acceptors (Lipinski definition) is 3. The van der Waals surface area contributed by atoms with Crippen molar-refractivity contribution < 1.29 is 5.11 Å². The topological polar surface area (TPSA) is 58.6 Å². The minimum Gasteiger partial charge on any atom is -0.507 e. The first kappa shape index (κ1) is 27.5. The maximum atomic E-state index is 10.4. The third-order valence-corrected chi connectivity index (χ3v) is 7.00. The molecular formula is C33H44N2O. The zero-order chi connectivity index (χ0) is 26.7. The van der Waals surface area contributed by atoms with Gasteiger partial charge in [-0.3, -0.25) is 4.99 Å². The van der Waals surface area contributed by atoms with E-state index in [0.717, 1.165) is 29.1 Å². The van der Waals surface area contributed by atoms with Crippen LogP contribution in [0.4, 0.5) is 11.4 Å². The number of benzene rings is 3. The first-order valence-electron chi connectivity index (χ1n) is 13.3. The maximum absolute atomic E-state index is 10.4. The smallest absolute Gasteiger partial charge is 0.124 e. The summed E-state index contributed by atoms with van der Waals surface area (Å²) in [5.74, 6) is 1.67. The molecule has 0 aliphatic carbocycles. The summed E-state index contributed by atoms with van der Waals surface area (Å²) in [6.07, 6.45) is 0.863. The van der Waals surface area contributed by atoms with Crippen LogP contribution in [0.3, 0.4) is 0 Å². The Morgan fingerprint density at radius 3 is 1.56 bits per heavy atom. The van der Waals surface area contributed by atoms with Gasteiger partial charge < -0.3 is 10.8 Å². The van der Waals surface area contributed by atoms with Crippen molar-refractivity contribution >= 4 is 17.1 Å². The zero-order valence-corrected chi connectivity index (χ0v) is 23.6. The quantitative estimate of drug-likeness (QED) is 0.247. The third-order valence-electron chi connectivity index (χ3n) is 7.00. The molecular weight excluding hydrogens is 440 g/mol. The van der Waals surface area contributed by atoms with Crippen LogP contribution in [0.25, 0.3) is 0 Å². The van der Waals surface area contributed by atoms with Crippen molar-refractivity contribution in [2.24, 2.45) is 4.99 Å². The number of nitrogen functional groups attached to an aromatic ring is 1. The zero-order valence-electron chi connectivity index (χ0n) is 23.6. The van der Waals surface area contributed by atoms with Crippen LogP contribution in [0.5, 0.6) is 5.75 Å². The van der Waals surface area contributed by atoms with E-state index < -0.39 is 0 Å². The van der Waals surface area contributed by atoms with Gasteiger partial charge in [0.1, 0.15) is 5.75 Å². The number of anilines is 1. The van der Waals surface area contributed by atoms with E-state index in [2.05, 4.69) is 79.7 Å². The fourth-order valence-corrected chi connectivity index (χ4v) is 4.92. The monoisotopic (exact) mass is 484 g/mol. The summed E-state index contributed by atoms with van der Waals surface area (Å²) >= 11 is 0. The Labute approximate surface area is 218 Å². The van der Waals surface area contributed by atoms with E-state index in [1.807, 2.05) is 25.1 Å². The standard InChI is InChI=1S/C33H44N2O/c1-19(2)27-15-24(16-28(20(3)4)32(27)34)14-25-17-29(21(5)6)33(30(18-25)22(7)8)35-23(9)26-12-10-11-13-31(26)36/h10-13,15-22,36H,14,34H2,1-9H3/b35-23+. The predicted molar refractivity (Wildman–Crippen MR) is 156 cm³/mol. The summed E-state index contributed by atoms with van der Waals surface area (Å²) in [7, 11) is 0. The van der Waals surface area contributed by atoms with Crippen molar-refractivity contribution in [1.82, 2.24) is 0 Å². The van der Waals surface area contributed by atoms with Gasteiger partial charge in [0.15, 0.2) is 0 Å². The average Bonchev–Trinajstić information content (AvgIpc) is 2.80. The molecule has 0 aromatic heterocycles. The molecule has 0 aliphatic rings. The van der Waals surface area contributed by atoms with Crippen LogP contribution in [-0.4, -0.2) is 10.8 Å². The molecule has 0 saturated heterocycles.